The van der Waals surface area contributed by atoms with Gasteiger partial charge in [-0.2, -0.15) is 0 Å². The standard InChI is InChI=1S/C25H21BrN2O3/c1-16-8-11-19(12-9-16)28-23(27-21-7-5-4-6-20(21)25(28)29)13-10-17-14-18(26)15-22(30-2)24(17)31-3/h4-15H,1-3H3/b13-10-. The lowest BCUT2D eigenvalue weighted by Crippen LogP contribution is -2.22. The predicted molar refractivity (Wildman–Crippen MR) is 128 cm³/mol. The Balaban J connectivity index is 1.94. The molecule has 0 unspecified atom stereocenters. The lowest BCUT2D eigenvalue weighted by atomic mass is 10.1. The first-order chi connectivity index (χ1) is 15.0. The van der Waals surface area contributed by atoms with Crippen LogP contribution in [0.15, 0.2) is 69.9 Å². The summed E-state index contributed by atoms with van der Waals surface area (Å²) in [7, 11) is 3.19. The van der Waals surface area contributed by atoms with Gasteiger partial charge >= 0.3 is 0 Å². The second-order valence-electron chi connectivity index (χ2n) is 7.03. The van der Waals surface area contributed by atoms with Crippen LogP contribution in [0.4, 0.5) is 0 Å². The first kappa shape index (κ1) is 20.9. The fourth-order valence-corrected chi connectivity index (χ4v) is 3.91. The van der Waals surface area contributed by atoms with Gasteiger partial charge in [-0.05, 0) is 55.5 Å². The van der Waals surface area contributed by atoms with Crippen molar-refractivity contribution in [2.75, 3.05) is 14.2 Å². The Morgan fingerprint density at radius 3 is 2.42 bits per heavy atom. The molecule has 1 heterocycles. The van der Waals surface area contributed by atoms with Crippen LogP contribution in [0.3, 0.4) is 0 Å². The molecule has 6 heteroatoms. The summed E-state index contributed by atoms with van der Waals surface area (Å²) in [5.74, 6) is 1.74. The molecule has 156 valence electrons. The Kier molecular flexibility index (Phi) is 5.91. The van der Waals surface area contributed by atoms with Crippen molar-refractivity contribution in [1.82, 2.24) is 9.55 Å². The van der Waals surface area contributed by atoms with E-state index in [1.54, 1.807) is 24.9 Å². The maximum absolute atomic E-state index is 13.4. The van der Waals surface area contributed by atoms with Gasteiger partial charge in [0.25, 0.3) is 5.56 Å². The van der Waals surface area contributed by atoms with Gasteiger partial charge in [0.05, 0.1) is 30.8 Å². The van der Waals surface area contributed by atoms with Gasteiger partial charge < -0.3 is 9.47 Å². The topological polar surface area (TPSA) is 53.3 Å². The number of nitrogens with zero attached hydrogens (tertiary/aromatic N) is 2. The molecule has 0 atom stereocenters. The fraction of sp³-hybridized carbons (Fsp3) is 0.120. The number of halogens is 1. The van der Waals surface area contributed by atoms with Crippen molar-refractivity contribution < 1.29 is 9.47 Å². The summed E-state index contributed by atoms with van der Waals surface area (Å²) in [5, 5.41) is 0.571. The van der Waals surface area contributed by atoms with Crippen LogP contribution in [0, 0.1) is 6.92 Å². The average molecular weight is 477 g/mol. The maximum Gasteiger partial charge on any atom is 0.266 e. The number of para-hydroxylation sites is 1. The minimum atomic E-state index is -0.118. The Morgan fingerprint density at radius 1 is 0.968 bits per heavy atom. The van der Waals surface area contributed by atoms with E-state index in [0.717, 1.165) is 21.3 Å². The lowest BCUT2D eigenvalue weighted by molar-refractivity contribution is 0.354. The van der Waals surface area contributed by atoms with Gasteiger partial charge in [-0.15, -0.1) is 0 Å². The van der Waals surface area contributed by atoms with Crippen molar-refractivity contribution in [3.8, 4) is 17.2 Å². The molecule has 0 spiro atoms. The number of hydrogen-bond acceptors (Lipinski definition) is 4. The highest BCUT2D eigenvalue weighted by atomic mass is 79.9. The van der Waals surface area contributed by atoms with E-state index in [9.17, 15) is 4.79 Å². The van der Waals surface area contributed by atoms with Crippen LogP contribution in [0.25, 0.3) is 28.7 Å². The van der Waals surface area contributed by atoms with Crippen molar-refractivity contribution in [3.63, 3.8) is 0 Å². The molecule has 0 aliphatic heterocycles. The summed E-state index contributed by atoms with van der Waals surface area (Å²) in [5.41, 5.74) is 3.20. The van der Waals surface area contributed by atoms with Crippen LogP contribution in [-0.4, -0.2) is 23.8 Å². The quantitative estimate of drug-likeness (QED) is 0.373. The number of aryl methyl sites for hydroxylation is 1. The summed E-state index contributed by atoms with van der Waals surface area (Å²) in [6, 6.07) is 18.9. The molecule has 4 aromatic rings. The first-order valence-corrected chi connectivity index (χ1v) is 10.5. The highest BCUT2D eigenvalue weighted by Gasteiger charge is 2.13. The molecule has 0 fully saturated rings. The van der Waals surface area contributed by atoms with Crippen LogP contribution in [0.5, 0.6) is 11.5 Å². The monoisotopic (exact) mass is 476 g/mol. The van der Waals surface area contributed by atoms with Crippen LogP contribution < -0.4 is 15.0 Å². The third-order valence-corrected chi connectivity index (χ3v) is 5.44. The number of benzene rings is 3. The van der Waals surface area contributed by atoms with Crippen LogP contribution >= 0.6 is 15.9 Å². The van der Waals surface area contributed by atoms with Crippen molar-refractivity contribution in [2.24, 2.45) is 0 Å². The third-order valence-electron chi connectivity index (χ3n) is 4.98. The number of aromatic nitrogens is 2. The molecule has 31 heavy (non-hydrogen) atoms. The number of hydrogen-bond donors (Lipinski definition) is 0. The Hall–Kier alpha value is -3.38. The van der Waals surface area contributed by atoms with Gasteiger partial charge in [-0.25, -0.2) is 4.98 Å². The van der Waals surface area contributed by atoms with Gasteiger partial charge in [-0.1, -0.05) is 45.8 Å². The molecule has 0 saturated heterocycles. The Morgan fingerprint density at radius 2 is 1.71 bits per heavy atom. The second-order valence-corrected chi connectivity index (χ2v) is 7.94. The summed E-state index contributed by atoms with van der Waals surface area (Å²) in [6.45, 7) is 2.01. The molecule has 0 aliphatic rings. The molecule has 3 aromatic carbocycles. The molecule has 0 radical (unpaired) electrons. The zero-order valence-electron chi connectivity index (χ0n) is 17.4. The van der Waals surface area contributed by atoms with E-state index in [1.165, 1.54) is 0 Å². The van der Waals surface area contributed by atoms with Crippen molar-refractivity contribution in [3.05, 3.63) is 92.4 Å². The SMILES string of the molecule is COc1cc(Br)cc(/C=C\c2nc3ccccc3c(=O)n2-c2ccc(C)cc2)c1OC. The predicted octanol–water partition coefficient (Wildman–Crippen LogP) is 5.64. The van der Waals surface area contributed by atoms with Gasteiger partial charge in [0, 0.05) is 10.0 Å². The van der Waals surface area contributed by atoms with E-state index >= 15 is 0 Å². The largest absolute Gasteiger partial charge is 0.493 e. The normalized spacial score (nSPS) is 11.2. The number of methoxy groups -OCH3 is 2. The van der Waals surface area contributed by atoms with Crippen LogP contribution in [0.2, 0.25) is 0 Å². The molecular weight excluding hydrogens is 456 g/mol. The molecule has 0 saturated carbocycles. The summed E-state index contributed by atoms with van der Waals surface area (Å²) in [6.07, 6.45) is 3.69. The van der Waals surface area contributed by atoms with Crippen LogP contribution in [0.1, 0.15) is 17.0 Å². The number of fused-ring (bicyclic) bond motifs is 1. The third kappa shape index (κ3) is 4.11. The zero-order chi connectivity index (χ0) is 22.0. The zero-order valence-corrected chi connectivity index (χ0v) is 19.0. The van der Waals surface area contributed by atoms with Crippen molar-refractivity contribution in [1.29, 1.82) is 0 Å². The van der Waals surface area contributed by atoms with Gasteiger partial charge in [0.2, 0.25) is 0 Å². The molecule has 0 N–H and O–H groups in total. The maximum atomic E-state index is 13.4. The van der Waals surface area contributed by atoms with E-state index in [-0.39, 0.29) is 5.56 Å². The smallest absolute Gasteiger partial charge is 0.266 e. The van der Waals surface area contributed by atoms with Crippen LogP contribution in [-0.2, 0) is 0 Å². The van der Waals surface area contributed by atoms with E-state index < -0.39 is 0 Å². The highest BCUT2D eigenvalue weighted by Crippen LogP contribution is 2.35. The summed E-state index contributed by atoms with van der Waals surface area (Å²) in [4.78, 5) is 18.1. The van der Waals surface area contributed by atoms with E-state index in [2.05, 4.69) is 15.9 Å². The molecule has 4 rings (SSSR count). The molecule has 1 aromatic heterocycles. The molecular formula is C25H21BrN2O3. The van der Waals surface area contributed by atoms with E-state index in [4.69, 9.17) is 14.5 Å². The van der Waals surface area contributed by atoms with E-state index in [0.29, 0.717) is 28.2 Å². The molecule has 0 aliphatic carbocycles. The fourth-order valence-electron chi connectivity index (χ4n) is 3.45. The van der Waals surface area contributed by atoms with Crippen molar-refractivity contribution in [2.45, 2.75) is 6.92 Å². The Labute approximate surface area is 188 Å². The minimum absolute atomic E-state index is 0.118. The summed E-state index contributed by atoms with van der Waals surface area (Å²) < 4.78 is 13.5. The lowest BCUT2D eigenvalue weighted by Gasteiger charge is -2.13. The average Bonchev–Trinajstić information content (AvgIpc) is 2.78. The molecule has 0 bridgehead atoms. The Bertz CT molecular complexity index is 1340. The van der Waals surface area contributed by atoms with Crippen molar-refractivity contribution >= 4 is 39.0 Å². The molecule has 5 nitrogen and oxygen atoms in total. The summed E-state index contributed by atoms with van der Waals surface area (Å²) >= 11 is 3.51. The second kappa shape index (κ2) is 8.78. The molecule has 0 amide bonds. The van der Waals surface area contributed by atoms with E-state index in [1.807, 2.05) is 73.7 Å². The van der Waals surface area contributed by atoms with Gasteiger partial charge in [0.15, 0.2) is 11.5 Å². The number of rotatable bonds is 5. The number of ether oxygens (including phenoxy) is 2. The van der Waals surface area contributed by atoms with Gasteiger partial charge in [-0.3, -0.25) is 9.36 Å². The minimum Gasteiger partial charge on any atom is -0.493 e. The highest BCUT2D eigenvalue weighted by molar-refractivity contribution is 9.10. The van der Waals surface area contributed by atoms with Gasteiger partial charge in [0.1, 0.15) is 5.82 Å². The first-order valence-electron chi connectivity index (χ1n) is 9.70.